The third-order valence-corrected chi connectivity index (χ3v) is 3.13. The van der Waals surface area contributed by atoms with Crippen LogP contribution in [0.15, 0.2) is 11.6 Å². The fraction of sp³-hybridized carbons (Fsp3) is 0.556. The molecule has 1 amide bonds. The zero-order valence-corrected chi connectivity index (χ0v) is 10.3. The molecule has 4 nitrogen and oxygen atoms in total. The van der Waals surface area contributed by atoms with Gasteiger partial charge >= 0.3 is 0 Å². The Morgan fingerprint density at radius 1 is 1.60 bits per heavy atom. The number of halogens is 1. The van der Waals surface area contributed by atoms with Crippen molar-refractivity contribution in [1.82, 2.24) is 10.3 Å². The van der Waals surface area contributed by atoms with Gasteiger partial charge < -0.3 is 5.32 Å². The molecule has 0 unspecified atom stereocenters. The van der Waals surface area contributed by atoms with Gasteiger partial charge in [-0.05, 0) is 13.8 Å². The minimum absolute atomic E-state index is 0. The Kier molecular flexibility index (Phi) is 3.70. The van der Waals surface area contributed by atoms with Gasteiger partial charge in [-0.3, -0.25) is 9.69 Å². The lowest BCUT2D eigenvalue weighted by Gasteiger charge is -2.36. The average molecular weight is 248 g/mol. The van der Waals surface area contributed by atoms with Crippen molar-refractivity contribution < 1.29 is 4.79 Å². The summed E-state index contributed by atoms with van der Waals surface area (Å²) in [5, 5.41) is 5.87. The largest absolute Gasteiger partial charge is 0.302 e. The predicted molar refractivity (Wildman–Crippen MR) is 63.8 cm³/mol. The number of rotatable bonds is 1. The van der Waals surface area contributed by atoms with Crippen LogP contribution in [0.25, 0.3) is 0 Å². The van der Waals surface area contributed by atoms with Gasteiger partial charge in [0.1, 0.15) is 0 Å². The van der Waals surface area contributed by atoms with Crippen LogP contribution < -0.4 is 10.2 Å². The number of amides is 1. The van der Waals surface area contributed by atoms with E-state index < -0.39 is 5.54 Å². The number of nitrogens with zero attached hydrogens (tertiary/aromatic N) is 2. The van der Waals surface area contributed by atoms with Crippen molar-refractivity contribution in [3.05, 3.63) is 11.6 Å². The molecule has 0 atom stereocenters. The topological polar surface area (TPSA) is 45.2 Å². The minimum Gasteiger partial charge on any atom is -0.302 e. The second kappa shape index (κ2) is 4.47. The number of aromatic nitrogens is 1. The van der Waals surface area contributed by atoms with E-state index in [0.29, 0.717) is 6.54 Å². The number of nitrogens with one attached hydrogen (secondary N) is 1. The Morgan fingerprint density at radius 2 is 2.33 bits per heavy atom. The SMILES string of the molecule is CC1(C)NCCN(c2nccs2)C1=O.Cl. The summed E-state index contributed by atoms with van der Waals surface area (Å²) in [6, 6.07) is 0. The van der Waals surface area contributed by atoms with Crippen LogP contribution in [0.1, 0.15) is 13.8 Å². The summed E-state index contributed by atoms with van der Waals surface area (Å²) in [7, 11) is 0. The number of piperazine rings is 1. The first-order valence-electron chi connectivity index (χ1n) is 4.58. The Bertz CT molecular complexity index is 339. The number of hydrogen-bond donors (Lipinski definition) is 1. The molecule has 0 radical (unpaired) electrons. The molecule has 0 saturated carbocycles. The van der Waals surface area contributed by atoms with E-state index in [0.717, 1.165) is 11.7 Å². The van der Waals surface area contributed by atoms with Crippen LogP contribution >= 0.6 is 23.7 Å². The average Bonchev–Trinajstić information content (AvgIpc) is 2.62. The van der Waals surface area contributed by atoms with Crippen molar-refractivity contribution in [2.75, 3.05) is 18.0 Å². The summed E-state index contributed by atoms with van der Waals surface area (Å²) in [6.45, 7) is 5.32. The Morgan fingerprint density at radius 3 is 2.93 bits per heavy atom. The molecule has 0 aliphatic carbocycles. The number of hydrogen-bond acceptors (Lipinski definition) is 4. The third kappa shape index (κ3) is 2.30. The van der Waals surface area contributed by atoms with E-state index in [9.17, 15) is 4.79 Å². The van der Waals surface area contributed by atoms with E-state index in [1.54, 1.807) is 11.1 Å². The first-order chi connectivity index (χ1) is 6.61. The summed E-state index contributed by atoms with van der Waals surface area (Å²) in [4.78, 5) is 17.9. The maximum atomic E-state index is 12.0. The van der Waals surface area contributed by atoms with E-state index in [1.807, 2.05) is 19.2 Å². The van der Waals surface area contributed by atoms with Crippen molar-refractivity contribution in [2.45, 2.75) is 19.4 Å². The standard InChI is InChI=1S/C9H13N3OS.ClH/c1-9(2)7(13)12(5-3-11-9)8-10-4-6-14-8;/h4,6,11H,3,5H2,1-2H3;1H. The first kappa shape index (κ1) is 12.4. The van der Waals surface area contributed by atoms with E-state index in [-0.39, 0.29) is 18.3 Å². The monoisotopic (exact) mass is 247 g/mol. The van der Waals surface area contributed by atoms with Crippen LogP contribution in [0.3, 0.4) is 0 Å². The quantitative estimate of drug-likeness (QED) is 0.813. The highest BCUT2D eigenvalue weighted by Crippen LogP contribution is 2.22. The van der Waals surface area contributed by atoms with Gasteiger partial charge in [-0.15, -0.1) is 23.7 Å². The lowest BCUT2D eigenvalue weighted by molar-refractivity contribution is -0.124. The summed E-state index contributed by atoms with van der Waals surface area (Å²) < 4.78 is 0. The van der Waals surface area contributed by atoms with E-state index in [2.05, 4.69) is 10.3 Å². The lowest BCUT2D eigenvalue weighted by atomic mass is 10.0. The van der Waals surface area contributed by atoms with Gasteiger partial charge in [0, 0.05) is 24.7 Å². The highest BCUT2D eigenvalue weighted by molar-refractivity contribution is 7.13. The molecule has 1 N–H and O–H groups in total. The van der Waals surface area contributed by atoms with Gasteiger partial charge in [-0.1, -0.05) is 0 Å². The summed E-state index contributed by atoms with van der Waals surface area (Å²) in [6.07, 6.45) is 1.72. The number of carbonyl (C=O) groups excluding carboxylic acids is 1. The smallest absolute Gasteiger partial charge is 0.248 e. The molecule has 1 aromatic heterocycles. The van der Waals surface area contributed by atoms with E-state index in [4.69, 9.17) is 0 Å². The zero-order chi connectivity index (χ0) is 10.2. The van der Waals surface area contributed by atoms with Gasteiger partial charge in [0.2, 0.25) is 5.91 Å². The molecule has 0 aromatic carbocycles. The third-order valence-electron chi connectivity index (χ3n) is 2.33. The zero-order valence-electron chi connectivity index (χ0n) is 8.69. The highest BCUT2D eigenvalue weighted by Gasteiger charge is 2.36. The van der Waals surface area contributed by atoms with Gasteiger partial charge in [-0.25, -0.2) is 4.98 Å². The van der Waals surface area contributed by atoms with Crippen molar-refractivity contribution >= 4 is 34.8 Å². The molecule has 1 fully saturated rings. The van der Waals surface area contributed by atoms with Crippen LogP contribution in [-0.4, -0.2) is 29.5 Å². The molecule has 2 rings (SSSR count). The van der Waals surface area contributed by atoms with E-state index in [1.165, 1.54) is 11.3 Å². The van der Waals surface area contributed by atoms with Crippen LogP contribution in [0.5, 0.6) is 0 Å². The van der Waals surface area contributed by atoms with Crippen molar-refractivity contribution in [3.8, 4) is 0 Å². The Balaban J connectivity index is 0.00000112. The fourth-order valence-corrected chi connectivity index (χ4v) is 2.19. The summed E-state index contributed by atoms with van der Waals surface area (Å²) >= 11 is 1.50. The van der Waals surface area contributed by atoms with Gasteiger partial charge in [0.25, 0.3) is 0 Å². The predicted octanol–water partition coefficient (Wildman–Crippen LogP) is 1.28. The number of carbonyl (C=O) groups is 1. The molecule has 1 saturated heterocycles. The molecule has 6 heteroatoms. The Labute approximate surface area is 99.1 Å². The molecule has 0 spiro atoms. The molecule has 0 bridgehead atoms. The maximum absolute atomic E-state index is 12.0. The normalized spacial score (nSPS) is 19.9. The molecular weight excluding hydrogens is 234 g/mol. The molecule has 1 aliphatic rings. The fourth-order valence-electron chi connectivity index (χ4n) is 1.53. The van der Waals surface area contributed by atoms with Crippen molar-refractivity contribution in [1.29, 1.82) is 0 Å². The molecule has 1 aromatic rings. The van der Waals surface area contributed by atoms with Crippen LogP contribution in [0, 0.1) is 0 Å². The van der Waals surface area contributed by atoms with E-state index >= 15 is 0 Å². The molecule has 1 aliphatic heterocycles. The van der Waals surface area contributed by atoms with Crippen molar-refractivity contribution in [3.63, 3.8) is 0 Å². The van der Waals surface area contributed by atoms with Crippen LogP contribution in [-0.2, 0) is 4.79 Å². The maximum Gasteiger partial charge on any atom is 0.248 e. The molecule has 2 heterocycles. The minimum atomic E-state index is -0.468. The molecule has 15 heavy (non-hydrogen) atoms. The number of thiazole rings is 1. The van der Waals surface area contributed by atoms with Gasteiger partial charge in [-0.2, -0.15) is 0 Å². The Hall–Kier alpha value is -0.650. The number of anilines is 1. The summed E-state index contributed by atoms with van der Waals surface area (Å²) in [5.41, 5.74) is -0.468. The summed E-state index contributed by atoms with van der Waals surface area (Å²) in [5.74, 6) is 0.0960. The van der Waals surface area contributed by atoms with Gasteiger partial charge in [0.15, 0.2) is 5.13 Å². The second-order valence-corrected chi connectivity index (χ2v) is 4.70. The highest BCUT2D eigenvalue weighted by atomic mass is 35.5. The molecular formula is C9H14ClN3OS. The molecule has 84 valence electrons. The lowest BCUT2D eigenvalue weighted by Crippen LogP contribution is -2.61. The second-order valence-electron chi connectivity index (χ2n) is 3.82. The first-order valence-corrected chi connectivity index (χ1v) is 5.46. The van der Waals surface area contributed by atoms with Crippen LogP contribution in [0.4, 0.5) is 5.13 Å². The van der Waals surface area contributed by atoms with Gasteiger partial charge in [0.05, 0.1) is 5.54 Å². The van der Waals surface area contributed by atoms with Crippen molar-refractivity contribution in [2.24, 2.45) is 0 Å². The van der Waals surface area contributed by atoms with Crippen LogP contribution in [0.2, 0.25) is 0 Å².